The molecular formula is C14H20N2O4S. The third-order valence-electron chi connectivity index (χ3n) is 2.82. The Hall–Kier alpha value is -1.60. The highest BCUT2D eigenvalue weighted by atomic mass is 32.2. The second-order valence-electron chi connectivity index (χ2n) is 5.16. The number of nitro groups is 1. The lowest BCUT2D eigenvalue weighted by Gasteiger charge is -2.29. The van der Waals surface area contributed by atoms with E-state index in [2.05, 4.69) is 5.32 Å². The van der Waals surface area contributed by atoms with Crippen molar-refractivity contribution in [2.45, 2.75) is 37.2 Å². The van der Waals surface area contributed by atoms with Crippen molar-refractivity contribution in [1.29, 1.82) is 0 Å². The van der Waals surface area contributed by atoms with E-state index in [0.29, 0.717) is 5.75 Å². The highest BCUT2D eigenvalue weighted by Gasteiger charge is 2.34. The smallest absolute Gasteiger partial charge is 0.326 e. The summed E-state index contributed by atoms with van der Waals surface area (Å²) in [4.78, 5) is 23.0. The maximum atomic E-state index is 11.9. The van der Waals surface area contributed by atoms with Crippen LogP contribution in [0.3, 0.4) is 0 Å². The minimum absolute atomic E-state index is 0.0513. The Bertz CT molecular complexity index is 504. The molecule has 0 aliphatic rings. The summed E-state index contributed by atoms with van der Waals surface area (Å²) in [6.07, 6.45) is 0. The van der Waals surface area contributed by atoms with Gasteiger partial charge in [-0.1, -0.05) is 0 Å². The van der Waals surface area contributed by atoms with Crippen LogP contribution in [0, 0.1) is 10.1 Å². The molecule has 0 saturated heterocycles. The lowest BCUT2D eigenvalue weighted by atomic mass is 10.0. The summed E-state index contributed by atoms with van der Waals surface area (Å²) in [6, 6.07) is 6.39. The van der Waals surface area contributed by atoms with Gasteiger partial charge in [-0.25, -0.2) is 0 Å². The first-order valence-corrected chi connectivity index (χ1v) is 7.50. The van der Waals surface area contributed by atoms with Crippen LogP contribution in [0.15, 0.2) is 29.2 Å². The lowest BCUT2D eigenvalue weighted by Crippen LogP contribution is -2.54. The Morgan fingerprint density at radius 1 is 1.43 bits per heavy atom. The Morgan fingerprint density at radius 2 is 2.00 bits per heavy atom. The number of hydrogen-bond acceptors (Lipinski definition) is 6. The Morgan fingerprint density at radius 3 is 2.43 bits per heavy atom. The van der Waals surface area contributed by atoms with Crippen molar-refractivity contribution < 1.29 is 14.5 Å². The topological polar surface area (TPSA) is 81.5 Å². The molecule has 1 aromatic rings. The third kappa shape index (κ3) is 5.02. The fraction of sp³-hybridized carbons (Fsp3) is 0.500. The van der Waals surface area contributed by atoms with Crippen LogP contribution in [0.25, 0.3) is 0 Å². The van der Waals surface area contributed by atoms with E-state index >= 15 is 0 Å². The first kappa shape index (κ1) is 17.5. The highest BCUT2D eigenvalue weighted by molar-refractivity contribution is 7.99. The number of esters is 1. The summed E-state index contributed by atoms with van der Waals surface area (Å²) in [6.45, 7) is 5.70. The van der Waals surface area contributed by atoms with Crippen LogP contribution in [0.4, 0.5) is 5.69 Å². The maximum absolute atomic E-state index is 11.9. The van der Waals surface area contributed by atoms with Crippen molar-refractivity contribution in [2.75, 3.05) is 12.9 Å². The van der Waals surface area contributed by atoms with E-state index in [-0.39, 0.29) is 17.7 Å². The zero-order valence-corrected chi connectivity index (χ0v) is 13.4. The molecule has 0 aliphatic heterocycles. The van der Waals surface area contributed by atoms with Crippen molar-refractivity contribution in [3.05, 3.63) is 34.4 Å². The average Bonchev–Trinajstić information content (AvgIpc) is 2.44. The van der Waals surface area contributed by atoms with Gasteiger partial charge < -0.3 is 4.74 Å². The van der Waals surface area contributed by atoms with Crippen molar-refractivity contribution in [3.8, 4) is 0 Å². The Balaban J connectivity index is 2.76. The molecule has 1 N–H and O–H groups in total. The number of thioether (sulfide) groups is 1. The van der Waals surface area contributed by atoms with Gasteiger partial charge in [-0.3, -0.25) is 20.2 Å². The van der Waals surface area contributed by atoms with Gasteiger partial charge in [-0.05, 0) is 32.9 Å². The molecule has 6 nitrogen and oxygen atoms in total. The number of nitrogens with one attached hydrogen (secondary N) is 1. The predicted octanol–water partition coefficient (Wildman–Crippen LogP) is 2.62. The molecule has 0 amide bonds. The molecule has 1 rings (SSSR count). The number of benzene rings is 1. The molecule has 7 heteroatoms. The number of rotatable bonds is 7. The number of nitrogens with zero attached hydrogens (tertiary/aromatic N) is 1. The molecule has 21 heavy (non-hydrogen) atoms. The predicted molar refractivity (Wildman–Crippen MR) is 82.5 cm³/mol. The average molecular weight is 312 g/mol. The quantitative estimate of drug-likeness (QED) is 0.361. The summed E-state index contributed by atoms with van der Waals surface area (Å²) in [7, 11) is 1.36. The van der Waals surface area contributed by atoms with Gasteiger partial charge in [0.2, 0.25) is 0 Å². The van der Waals surface area contributed by atoms with Gasteiger partial charge in [0, 0.05) is 28.8 Å². The van der Waals surface area contributed by atoms with Crippen LogP contribution in [0.2, 0.25) is 0 Å². The third-order valence-corrected chi connectivity index (χ3v) is 4.15. The normalized spacial score (nSPS) is 13.8. The summed E-state index contributed by atoms with van der Waals surface area (Å²) >= 11 is 1.45. The second-order valence-corrected chi connectivity index (χ2v) is 6.21. The van der Waals surface area contributed by atoms with Crippen molar-refractivity contribution in [1.82, 2.24) is 5.32 Å². The largest absolute Gasteiger partial charge is 0.468 e. The van der Waals surface area contributed by atoms with Crippen LogP contribution >= 0.6 is 11.8 Å². The second kappa shape index (κ2) is 7.42. The first-order chi connectivity index (χ1) is 9.78. The number of methoxy groups -OCH3 is 1. The molecule has 116 valence electrons. The molecule has 0 aromatic heterocycles. The van der Waals surface area contributed by atoms with E-state index in [9.17, 15) is 14.9 Å². The summed E-state index contributed by atoms with van der Waals surface area (Å²) in [5.74, 6) is 0.140. The maximum Gasteiger partial charge on any atom is 0.326 e. The van der Waals surface area contributed by atoms with E-state index in [0.717, 1.165) is 4.90 Å². The van der Waals surface area contributed by atoms with Crippen LogP contribution < -0.4 is 5.32 Å². The number of ether oxygens (including phenoxy) is 1. The zero-order chi connectivity index (χ0) is 16.0. The summed E-state index contributed by atoms with van der Waals surface area (Å²) < 4.78 is 4.85. The van der Waals surface area contributed by atoms with Crippen LogP contribution in [-0.4, -0.2) is 35.3 Å². The minimum Gasteiger partial charge on any atom is -0.468 e. The van der Waals surface area contributed by atoms with E-state index in [1.807, 2.05) is 13.8 Å². The summed E-state index contributed by atoms with van der Waals surface area (Å²) in [5, 5.41) is 13.8. The van der Waals surface area contributed by atoms with Gasteiger partial charge in [-0.15, -0.1) is 11.8 Å². The number of non-ortho nitro benzene ring substituents is 1. The van der Waals surface area contributed by atoms with E-state index in [1.165, 1.54) is 31.0 Å². The van der Waals surface area contributed by atoms with Gasteiger partial charge in [0.25, 0.3) is 5.69 Å². The Kier molecular flexibility index (Phi) is 6.17. The number of carbonyl (C=O) groups excluding carboxylic acids is 1. The molecule has 1 atom stereocenters. The van der Waals surface area contributed by atoms with E-state index < -0.39 is 10.5 Å². The van der Waals surface area contributed by atoms with Crippen LogP contribution in [0.1, 0.15) is 20.8 Å². The molecule has 0 saturated carbocycles. The molecule has 1 unspecified atom stereocenters. The summed E-state index contributed by atoms with van der Waals surface area (Å²) in [5.41, 5.74) is -0.759. The lowest BCUT2D eigenvalue weighted by molar-refractivity contribution is -0.384. The molecular weight excluding hydrogens is 292 g/mol. The Labute approximate surface area is 128 Å². The van der Waals surface area contributed by atoms with Gasteiger partial charge in [-0.2, -0.15) is 0 Å². The van der Waals surface area contributed by atoms with Crippen LogP contribution in [-0.2, 0) is 9.53 Å². The molecule has 0 spiro atoms. The highest BCUT2D eigenvalue weighted by Crippen LogP contribution is 2.25. The van der Waals surface area contributed by atoms with Gasteiger partial charge in [0.1, 0.15) is 5.54 Å². The monoisotopic (exact) mass is 312 g/mol. The van der Waals surface area contributed by atoms with Crippen molar-refractivity contribution >= 4 is 23.4 Å². The van der Waals surface area contributed by atoms with Gasteiger partial charge in [0.05, 0.1) is 12.0 Å². The molecule has 0 heterocycles. The standard InChI is InChI=1S/C14H20N2O4S/c1-10(2)15-14(3,13(17)20-4)9-21-12-7-5-11(6-8-12)16(18)19/h5-8,10,15H,9H2,1-4H3. The fourth-order valence-corrected chi connectivity index (χ4v) is 2.90. The fourth-order valence-electron chi connectivity index (χ4n) is 1.91. The minimum atomic E-state index is -0.810. The molecule has 0 radical (unpaired) electrons. The number of nitro benzene ring substituents is 1. The zero-order valence-electron chi connectivity index (χ0n) is 12.6. The SMILES string of the molecule is COC(=O)C(C)(CSc1ccc([N+](=O)[O-])cc1)NC(C)C. The van der Waals surface area contributed by atoms with Crippen LogP contribution in [0.5, 0.6) is 0 Å². The molecule has 0 fully saturated rings. The van der Waals surface area contributed by atoms with Crippen molar-refractivity contribution in [2.24, 2.45) is 0 Å². The van der Waals surface area contributed by atoms with E-state index in [4.69, 9.17) is 4.74 Å². The molecule has 0 aliphatic carbocycles. The number of carbonyl (C=O) groups is 1. The van der Waals surface area contributed by atoms with E-state index in [1.54, 1.807) is 19.1 Å². The number of hydrogen-bond donors (Lipinski definition) is 1. The molecule has 0 bridgehead atoms. The first-order valence-electron chi connectivity index (χ1n) is 6.52. The molecule has 1 aromatic carbocycles. The van der Waals surface area contributed by atoms with Gasteiger partial charge in [0.15, 0.2) is 0 Å². The van der Waals surface area contributed by atoms with Crippen molar-refractivity contribution in [3.63, 3.8) is 0 Å². The van der Waals surface area contributed by atoms with Gasteiger partial charge >= 0.3 is 5.97 Å².